The lowest BCUT2D eigenvalue weighted by atomic mass is 10.2. The Morgan fingerprint density at radius 2 is 2.21 bits per heavy atom. The lowest BCUT2D eigenvalue weighted by molar-refractivity contribution is -0.384. The van der Waals surface area contributed by atoms with Crippen LogP contribution in [0.1, 0.15) is 18.3 Å². The van der Waals surface area contributed by atoms with E-state index in [-0.39, 0.29) is 10.6 Å². The number of thioether (sulfide) groups is 1. The summed E-state index contributed by atoms with van der Waals surface area (Å²) in [4.78, 5) is 10.3. The van der Waals surface area contributed by atoms with E-state index in [2.05, 4.69) is 10.2 Å². The molecule has 0 saturated carbocycles. The summed E-state index contributed by atoms with van der Waals surface area (Å²) in [6.45, 7) is 4.76. The van der Waals surface area contributed by atoms with Gasteiger partial charge in [0, 0.05) is 24.4 Å². The van der Waals surface area contributed by atoms with E-state index in [1.807, 2.05) is 24.5 Å². The number of nitro benzene ring substituents is 1. The van der Waals surface area contributed by atoms with Gasteiger partial charge in [-0.15, -0.1) is 10.2 Å². The van der Waals surface area contributed by atoms with Crippen LogP contribution in [0.2, 0.25) is 0 Å². The first-order valence-electron chi connectivity index (χ1n) is 5.87. The van der Waals surface area contributed by atoms with E-state index in [0.717, 1.165) is 23.1 Å². The first-order valence-corrected chi connectivity index (χ1v) is 6.86. The predicted octanol–water partition coefficient (Wildman–Crippen LogP) is 2.81. The highest BCUT2D eigenvalue weighted by atomic mass is 32.2. The summed E-state index contributed by atoms with van der Waals surface area (Å²) in [6, 6.07) is 6.66. The Morgan fingerprint density at radius 3 is 2.89 bits per heavy atom. The van der Waals surface area contributed by atoms with Gasteiger partial charge in [-0.3, -0.25) is 10.1 Å². The maximum absolute atomic E-state index is 10.7. The number of non-ortho nitro benzene ring substituents is 1. The van der Waals surface area contributed by atoms with Crippen molar-refractivity contribution in [1.82, 2.24) is 14.8 Å². The Hall–Kier alpha value is -1.89. The Balaban J connectivity index is 2.10. The molecule has 0 aliphatic heterocycles. The zero-order chi connectivity index (χ0) is 13.8. The van der Waals surface area contributed by atoms with E-state index < -0.39 is 0 Å². The topological polar surface area (TPSA) is 73.8 Å². The van der Waals surface area contributed by atoms with Crippen LogP contribution >= 0.6 is 11.8 Å². The molecule has 2 rings (SSSR count). The molecule has 7 heteroatoms. The molecule has 0 bridgehead atoms. The van der Waals surface area contributed by atoms with Gasteiger partial charge < -0.3 is 4.57 Å². The number of aromatic nitrogens is 3. The van der Waals surface area contributed by atoms with Crippen molar-refractivity contribution in [3.05, 3.63) is 45.8 Å². The Kier molecular flexibility index (Phi) is 4.16. The molecule has 1 heterocycles. The molecule has 0 aliphatic carbocycles. The summed E-state index contributed by atoms with van der Waals surface area (Å²) in [5.41, 5.74) is 1.02. The average molecular weight is 278 g/mol. The predicted molar refractivity (Wildman–Crippen MR) is 73.1 cm³/mol. The normalized spacial score (nSPS) is 10.6. The molecule has 0 fully saturated rings. The van der Waals surface area contributed by atoms with Gasteiger partial charge in [0.25, 0.3) is 5.69 Å². The summed E-state index contributed by atoms with van der Waals surface area (Å²) in [5, 5.41) is 19.7. The molecule has 0 radical (unpaired) electrons. The molecule has 1 aromatic carbocycles. The first-order chi connectivity index (χ1) is 9.11. The largest absolute Gasteiger partial charge is 0.307 e. The van der Waals surface area contributed by atoms with Crippen LogP contribution in [-0.2, 0) is 12.3 Å². The van der Waals surface area contributed by atoms with Crippen LogP contribution in [0.15, 0.2) is 29.4 Å². The quantitative estimate of drug-likeness (QED) is 0.477. The third-order valence-corrected chi connectivity index (χ3v) is 3.75. The van der Waals surface area contributed by atoms with Gasteiger partial charge in [-0.1, -0.05) is 23.9 Å². The van der Waals surface area contributed by atoms with Gasteiger partial charge >= 0.3 is 0 Å². The Labute approximate surface area is 115 Å². The number of nitro groups is 1. The summed E-state index contributed by atoms with van der Waals surface area (Å²) < 4.78 is 2.02. The third-order valence-electron chi connectivity index (χ3n) is 2.71. The Morgan fingerprint density at radius 1 is 1.42 bits per heavy atom. The molecule has 0 N–H and O–H groups in total. The molecular formula is C12H14N4O2S. The average Bonchev–Trinajstić information content (AvgIpc) is 2.77. The van der Waals surface area contributed by atoms with Gasteiger partial charge in [0.15, 0.2) is 5.16 Å². The fourth-order valence-electron chi connectivity index (χ4n) is 1.74. The lowest BCUT2D eigenvalue weighted by Crippen LogP contribution is -1.99. The molecule has 6 nitrogen and oxygen atoms in total. The van der Waals surface area contributed by atoms with E-state index >= 15 is 0 Å². The van der Waals surface area contributed by atoms with Crippen molar-refractivity contribution in [1.29, 1.82) is 0 Å². The monoisotopic (exact) mass is 278 g/mol. The van der Waals surface area contributed by atoms with E-state index in [4.69, 9.17) is 0 Å². The fourth-order valence-corrected chi connectivity index (χ4v) is 2.73. The number of aryl methyl sites for hydroxylation is 1. The number of rotatable bonds is 5. The molecule has 0 aliphatic rings. The molecule has 0 saturated heterocycles. The molecule has 1 aromatic heterocycles. The van der Waals surface area contributed by atoms with Crippen molar-refractivity contribution in [2.45, 2.75) is 31.3 Å². The molecular weight excluding hydrogens is 264 g/mol. The van der Waals surface area contributed by atoms with Gasteiger partial charge in [0.1, 0.15) is 5.82 Å². The second kappa shape index (κ2) is 5.83. The second-order valence-corrected chi connectivity index (χ2v) is 4.93. The minimum atomic E-state index is -0.382. The van der Waals surface area contributed by atoms with Crippen molar-refractivity contribution in [2.24, 2.45) is 0 Å². The molecule has 0 unspecified atom stereocenters. The Bertz CT molecular complexity index is 597. The second-order valence-electron chi connectivity index (χ2n) is 3.99. The zero-order valence-corrected chi connectivity index (χ0v) is 11.6. The number of nitrogens with zero attached hydrogens (tertiary/aromatic N) is 4. The smallest absolute Gasteiger partial charge is 0.269 e. The summed E-state index contributed by atoms with van der Waals surface area (Å²) in [7, 11) is 0. The van der Waals surface area contributed by atoms with Crippen LogP contribution < -0.4 is 0 Å². The van der Waals surface area contributed by atoms with Gasteiger partial charge in [-0.25, -0.2) is 0 Å². The highest BCUT2D eigenvalue weighted by molar-refractivity contribution is 7.98. The zero-order valence-electron chi connectivity index (χ0n) is 10.7. The van der Waals surface area contributed by atoms with E-state index in [1.165, 1.54) is 17.8 Å². The minimum Gasteiger partial charge on any atom is -0.307 e. The number of hydrogen-bond donors (Lipinski definition) is 0. The SMILES string of the molecule is CCn1c(C)nnc1SCc1cccc([N+](=O)[O-])c1. The van der Waals surface area contributed by atoms with Crippen LogP contribution in [0.5, 0.6) is 0 Å². The van der Waals surface area contributed by atoms with Crippen LogP contribution in [0, 0.1) is 17.0 Å². The van der Waals surface area contributed by atoms with Crippen LogP contribution in [-0.4, -0.2) is 19.7 Å². The van der Waals surface area contributed by atoms with Crippen LogP contribution in [0.3, 0.4) is 0 Å². The lowest BCUT2D eigenvalue weighted by Gasteiger charge is -2.04. The summed E-state index contributed by atoms with van der Waals surface area (Å²) in [6.07, 6.45) is 0. The molecule has 0 atom stereocenters. The van der Waals surface area contributed by atoms with Gasteiger partial charge in [-0.05, 0) is 19.4 Å². The third kappa shape index (κ3) is 3.11. The van der Waals surface area contributed by atoms with Crippen molar-refractivity contribution in [3.8, 4) is 0 Å². The maximum Gasteiger partial charge on any atom is 0.269 e. The molecule has 0 amide bonds. The van der Waals surface area contributed by atoms with Crippen molar-refractivity contribution < 1.29 is 4.92 Å². The van der Waals surface area contributed by atoms with E-state index in [9.17, 15) is 10.1 Å². The maximum atomic E-state index is 10.7. The fraction of sp³-hybridized carbons (Fsp3) is 0.333. The van der Waals surface area contributed by atoms with Crippen molar-refractivity contribution in [3.63, 3.8) is 0 Å². The van der Waals surface area contributed by atoms with Crippen molar-refractivity contribution >= 4 is 17.4 Å². The number of benzene rings is 1. The summed E-state index contributed by atoms with van der Waals surface area (Å²) >= 11 is 1.53. The molecule has 100 valence electrons. The van der Waals surface area contributed by atoms with Gasteiger partial charge in [0.05, 0.1) is 4.92 Å². The number of hydrogen-bond acceptors (Lipinski definition) is 5. The van der Waals surface area contributed by atoms with E-state index in [0.29, 0.717) is 5.75 Å². The standard InChI is InChI=1S/C12H14N4O2S/c1-3-15-9(2)13-14-12(15)19-8-10-5-4-6-11(7-10)16(17)18/h4-7H,3,8H2,1-2H3. The van der Waals surface area contributed by atoms with Crippen LogP contribution in [0.25, 0.3) is 0 Å². The van der Waals surface area contributed by atoms with Crippen molar-refractivity contribution in [2.75, 3.05) is 0 Å². The molecule has 19 heavy (non-hydrogen) atoms. The van der Waals surface area contributed by atoms with Gasteiger partial charge in [0.2, 0.25) is 0 Å². The minimum absolute atomic E-state index is 0.117. The summed E-state index contributed by atoms with van der Waals surface area (Å²) in [5.74, 6) is 1.52. The molecule has 2 aromatic rings. The molecule has 0 spiro atoms. The first kappa shape index (κ1) is 13.5. The van der Waals surface area contributed by atoms with Crippen LogP contribution in [0.4, 0.5) is 5.69 Å². The highest BCUT2D eigenvalue weighted by Gasteiger charge is 2.10. The van der Waals surface area contributed by atoms with E-state index in [1.54, 1.807) is 12.1 Å². The highest BCUT2D eigenvalue weighted by Crippen LogP contribution is 2.23. The van der Waals surface area contributed by atoms with Gasteiger partial charge in [-0.2, -0.15) is 0 Å².